The number of carbonyl (C=O) groups is 2. The first-order valence-electron chi connectivity index (χ1n) is 6.16. The first kappa shape index (κ1) is 11.7. The second kappa shape index (κ2) is 4.38. The van der Waals surface area contributed by atoms with Crippen LogP contribution in [0.15, 0.2) is 29.1 Å². The molecule has 0 radical (unpaired) electrons. The summed E-state index contributed by atoms with van der Waals surface area (Å²) < 4.78 is 1.44. The van der Waals surface area contributed by atoms with Gasteiger partial charge in [0.25, 0.3) is 5.56 Å². The van der Waals surface area contributed by atoms with Gasteiger partial charge in [0.2, 0.25) is 11.8 Å². The summed E-state index contributed by atoms with van der Waals surface area (Å²) in [5.74, 6) is -0.893. The molecule has 6 nitrogen and oxygen atoms in total. The topological polar surface area (TPSA) is 84.0 Å². The number of hydrogen-bond donors (Lipinski definition) is 2. The average molecular weight is 259 g/mol. The molecule has 19 heavy (non-hydrogen) atoms. The second-order valence-corrected chi connectivity index (χ2v) is 4.72. The van der Waals surface area contributed by atoms with E-state index in [0.717, 1.165) is 5.52 Å². The summed E-state index contributed by atoms with van der Waals surface area (Å²) in [4.78, 5) is 34.9. The Hall–Kier alpha value is -2.37. The number of fused-ring (bicyclic) bond motifs is 1. The number of imide groups is 1. The van der Waals surface area contributed by atoms with E-state index in [1.54, 1.807) is 12.1 Å². The fourth-order valence-corrected chi connectivity index (χ4v) is 2.37. The molecule has 1 aliphatic rings. The maximum absolute atomic E-state index is 12.1. The van der Waals surface area contributed by atoms with Gasteiger partial charge < -0.3 is 0 Å². The number of aromatic amines is 1. The third kappa shape index (κ3) is 2.05. The quantitative estimate of drug-likeness (QED) is 0.765. The molecule has 2 aromatic rings. The summed E-state index contributed by atoms with van der Waals surface area (Å²) in [6, 6.07) is 7.20. The Kier molecular flexibility index (Phi) is 2.70. The van der Waals surface area contributed by atoms with Gasteiger partial charge >= 0.3 is 0 Å². The zero-order chi connectivity index (χ0) is 13.4. The highest BCUT2D eigenvalue weighted by atomic mass is 16.2. The molecular weight excluding hydrogens is 246 g/mol. The molecule has 0 aliphatic carbocycles. The summed E-state index contributed by atoms with van der Waals surface area (Å²) in [7, 11) is 0. The number of piperidine rings is 1. The van der Waals surface area contributed by atoms with Crippen molar-refractivity contribution >= 4 is 22.7 Å². The van der Waals surface area contributed by atoms with Gasteiger partial charge in [-0.05, 0) is 18.6 Å². The van der Waals surface area contributed by atoms with Crippen LogP contribution in [0.3, 0.4) is 0 Å². The molecule has 1 saturated heterocycles. The van der Waals surface area contributed by atoms with E-state index in [0.29, 0.717) is 18.2 Å². The van der Waals surface area contributed by atoms with E-state index in [1.165, 1.54) is 4.68 Å². The monoisotopic (exact) mass is 259 g/mol. The van der Waals surface area contributed by atoms with Crippen LogP contribution in [0.1, 0.15) is 12.8 Å². The van der Waals surface area contributed by atoms with Crippen LogP contribution >= 0.6 is 0 Å². The second-order valence-electron chi connectivity index (χ2n) is 4.72. The minimum atomic E-state index is -0.344. The Morgan fingerprint density at radius 2 is 2.00 bits per heavy atom. The van der Waals surface area contributed by atoms with Crippen molar-refractivity contribution in [1.29, 1.82) is 0 Å². The highest BCUT2D eigenvalue weighted by Crippen LogP contribution is 2.14. The van der Waals surface area contributed by atoms with Crippen LogP contribution < -0.4 is 10.9 Å². The molecule has 1 fully saturated rings. The van der Waals surface area contributed by atoms with E-state index >= 15 is 0 Å². The molecule has 2 heterocycles. The molecule has 98 valence electrons. The number of aromatic nitrogens is 2. The maximum atomic E-state index is 12.1. The lowest BCUT2D eigenvalue weighted by Crippen LogP contribution is -2.43. The van der Waals surface area contributed by atoms with Crippen molar-refractivity contribution in [1.82, 2.24) is 15.1 Å². The van der Waals surface area contributed by atoms with Gasteiger partial charge in [-0.1, -0.05) is 12.1 Å². The normalized spacial score (nSPS) is 19.7. The summed E-state index contributed by atoms with van der Waals surface area (Å²) in [6.45, 7) is 0.270. The number of H-pyrrole nitrogens is 1. The van der Waals surface area contributed by atoms with Crippen LogP contribution in [0.2, 0.25) is 0 Å². The number of hydrogen-bond acceptors (Lipinski definition) is 3. The summed E-state index contributed by atoms with van der Waals surface area (Å²) in [5.41, 5.74) is 0.611. The average Bonchev–Trinajstić information content (AvgIpc) is 2.70. The molecule has 1 aromatic heterocycles. The van der Waals surface area contributed by atoms with E-state index in [1.807, 2.05) is 12.1 Å². The fraction of sp³-hybridized carbons (Fsp3) is 0.308. The van der Waals surface area contributed by atoms with Gasteiger partial charge in [-0.25, -0.2) is 0 Å². The van der Waals surface area contributed by atoms with Gasteiger partial charge in [-0.3, -0.25) is 29.5 Å². The molecule has 0 bridgehead atoms. The van der Waals surface area contributed by atoms with Gasteiger partial charge in [0.05, 0.1) is 23.4 Å². The van der Waals surface area contributed by atoms with E-state index in [2.05, 4.69) is 10.4 Å². The Bertz CT molecular complexity index is 713. The van der Waals surface area contributed by atoms with Crippen LogP contribution in [0.5, 0.6) is 0 Å². The molecule has 0 spiro atoms. The van der Waals surface area contributed by atoms with Gasteiger partial charge in [-0.15, -0.1) is 0 Å². The van der Waals surface area contributed by atoms with E-state index < -0.39 is 0 Å². The Morgan fingerprint density at radius 1 is 1.21 bits per heavy atom. The van der Waals surface area contributed by atoms with Crippen LogP contribution in [-0.2, 0) is 16.1 Å². The Balaban J connectivity index is 1.89. The number of carbonyl (C=O) groups excluding carboxylic acids is 2. The van der Waals surface area contributed by atoms with Crippen molar-refractivity contribution in [2.24, 2.45) is 5.92 Å². The lowest BCUT2D eigenvalue weighted by Gasteiger charge is -2.20. The first-order chi connectivity index (χ1) is 9.15. The van der Waals surface area contributed by atoms with Crippen molar-refractivity contribution in [3.63, 3.8) is 0 Å². The summed E-state index contributed by atoms with van der Waals surface area (Å²) >= 11 is 0. The number of benzene rings is 1. The Labute approximate surface area is 108 Å². The first-order valence-corrected chi connectivity index (χ1v) is 6.16. The minimum Gasteiger partial charge on any atom is -0.296 e. The Morgan fingerprint density at radius 3 is 2.74 bits per heavy atom. The highest BCUT2D eigenvalue weighted by molar-refractivity contribution is 5.98. The van der Waals surface area contributed by atoms with Crippen LogP contribution in [0, 0.1) is 5.92 Å². The fourth-order valence-electron chi connectivity index (χ4n) is 2.37. The summed E-state index contributed by atoms with van der Waals surface area (Å²) in [6.07, 6.45) is 0.803. The molecule has 2 N–H and O–H groups in total. The molecule has 1 aliphatic heterocycles. The number of nitrogens with one attached hydrogen (secondary N) is 2. The molecule has 3 rings (SSSR count). The van der Waals surface area contributed by atoms with Gasteiger partial charge in [0, 0.05) is 6.42 Å². The number of rotatable bonds is 2. The SMILES string of the molecule is O=C1CCC(Cn2[nH]c3ccccc3c2=O)C(=O)N1. The molecular formula is C13H13N3O3. The van der Waals surface area contributed by atoms with Gasteiger partial charge in [0.15, 0.2) is 0 Å². The van der Waals surface area contributed by atoms with Crippen LogP contribution in [0.25, 0.3) is 10.9 Å². The van der Waals surface area contributed by atoms with Crippen LogP contribution in [0.4, 0.5) is 0 Å². The lowest BCUT2D eigenvalue weighted by atomic mass is 9.98. The number of amides is 2. The van der Waals surface area contributed by atoms with Gasteiger partial charge in [-0.2, -0.15) is 0 Å². The van der Waals surface area contributed by atoms with Crippen molar-refractivity contribution in [3.05, 3.63) is 34.6 Å². The molecule has 1 atom stereocenters. The predicted molar refractivity (Wildman–Crippen MR) is 68.4 cm³/mol. The van der Waals surface area contributed by atoms with Crippen molar-refractivity contribution in [2.75, 3.05) is 0 Å². The van der Waals surface area contributed by atoms with Crippen LogP contribution in [-0.4, -0.2) is 21.6 Å². The molecule has 2 amide bonds. The zero-order valence-corrected chi connectivity index (χ0v) is 10.2. The lowest BCUT2D eigenvalue weighted by molar-refractivity contribution is -0.136. The minimum absolute atomic E-state index is 0.139. The predicted octanol–water partition coefficient (Wildman–Crippen LogP) is 0.382. The van der Waals surface area contributed by atoms with Crippen molar-refractivity contribution < 1.29 is 9.59 Å². The molecule has 1 unspecified atom stereocenters. The van der Waals surface area contributed by atoms with Gasteiger partial charge in [0.1, 0.15) is 0 Å². The molecule has 6 heteroatoms. The smallest absolute Gasteiger partial charge is 0.274 e. The van der Waals surface area contributed by atoms with E-state index in [9.17, 15) is 14.4 Å². The van der Waals surface area contributed by atoms with E-state index in [-0.39, 0.29) is 29.8 Å². The zero-order valence-electron chi connectivity index (χ0n) is 10.2. The molecule has 1 aromatic carbocycles. The standard InChI is InChI=1S/C13H13N3O3/c17-11-6-5-8(12(18)14-11)7-16-13(19)9-3-1-2-4-10(9)15-16/h1-4,8,15H,5-7H2,(H,14,17,18). The van der Waals surface area contributed by atoms with Crippen molar-refractivity contribution in [3.8, 4) is 0 Å². The maximum Gasteiger partial charge on any atom is 0.274 e. The molecule has 0 saturated carbocycles. The van der Waals surface area contributed by atoms with E-state index in [4.69, 9.17) is 0 Å². The largest absolute Gasteiger partial charge is 0.296 e. The van der Waals surface area contributed by atoms with Crippen molar-refractivity contribution in [2.45, 2.75) is 19.4 Å². The number of nitrogens with zero attached hydrogens (tertiary/aromatic N) is 1. The third-order valence-electron chi connectivity index (χ3n) is 3.41. The summed E-state index contributed by atoms with van der Waals surface area (Å²) in [5, 5.41) is 5.88. The third-order valence-corrected chi connectivity index (χ3v) is 3.41. The highest BCUT2D eigenvalue weighted by Gasteiger charge is 2.27. The number of para-hydroxylation sites is 1.